The molecule has 1 aromatic heterocycles. The summed E-state index contributed by atoms with van der Waals surface area (Å²) in [6.45, 7) is -0.298. The van der Waals surface area contributed by atoms with Crippen LogP contribution in [0.15, 0.2) is 12.4 Å². The summed E-state index contributed by atoms with van der Waals surface area (Å²) < 4.78 is 41.2. The standard InChI is InChI=1S/C15H23F3N4O2/c1-22-8-7-21-13(22)14(24,15(16,17)18)5-6-20-12(23)10-3-2-4-11(19)9-10/h7-8,10-11,24H,2-6,9,19H2,1H3,(H,20,23)/t10-,11-,14+/m0/s1. The van der Waals surface area contributed by atoms with Crippen molar-refractivity contribution in [1.29, 1.82) is 0 Å². The minimum atomic E-state index is -4.90. The molecular weight excluding hydrogens is 325 g/mol. The molecule has 2 rings (SSSR count). The van der Waals surface area contributed by atoms with Crippen LogP contribution in [0, 0.1) is 5.92 Å². The third-order valence-corrected chi connectivity index (χ3v) is 4.53. The molecule has 0 saturated heterocycles. The topological polar surface area (TPSA) is 93.2 Å². The predicted molar refractivity (Wildman–Crippen MR) is 80.7 cm³/mol. The maximum atomic E-state index is 13.3. The number of rotatable bonds is 5. The SMILES string of the molecule is Cn1ccnc1[C@](O)(CCNC(=O)[C@H]1CCC[C@H](N)C1)C(F)(F)F. The summed E-state index contributed by atoms with van der Waals surface area (Å²) in [5, 5.41) is 12.7. The van der Waals surface area contributed by atoms with E-state index in [4.69, 9.17) is 5.73 Å². The van der Waals surface area contributed by atoms with E-state index < -0.39 is 24.0 Å². The van der Waals surface area contributed by atoms with Crippen LogP contribution in [-0.4, -0.2) is 39.3 Å². The molecule has 4 N–H and O–H groups in total. The van der Waals surface area contributed by atoms with E-state index in [2.05, 4.69) is 10.3 Å². The molecule has 0 unspecified atom stereocenters. The second-order valence-electron chi connectivity index (χ2n) is 6.38. The minimum absolute atomic E-state index is 0.0471. The van der Waals surface area contributed by atoms with Gasteiger partial charge in [-0.15, -0.1) is 0 Å². The van der Waals surface area contributed by atoms with Gasteiger partial charge in [-0.3, -0.25) is 4.79 Å². The second-order valence-corrected chi connectivity index (χ2v) is 6.38. The Kier molecular flexibility index (Phi) is 5.54. The molecule has 1 aliphatic rings. The van der Waals surface area contributed by atoms with Crippen LogP contribution < -0.4 is 11.1 Å². The number of amides is 1. The van der Waals surface area contributed by atoms with Crippen molar-refractivity contribution in [3.8, 4) is 0 Å². The number of halogens is 3. The van der Waals surface area contributed by atoms with Crippen LogP contribution in [0.25, 0.3) is 0 Å². The van der Waals surface area contributed by atoms with E-state index in [-0.39, 0.29) is 24.4 Å². The lowest BCUT2D eigenvalue weighted by Crippen LogP contribution is -2.47. The van der Waals surface area contributed by atoms with Crippen LogP contribution in [-0.2, 0) is 17.4 Å². The first kappa shape index (κ1) is 18.7. The highest BCUT2D eigenvalue weighted by Crippen LogP contribution is 2.40. The Morgan fingerprint density at radius 1 is 1.50 bits per heavy atom. The Morgan fingerprint density at radius 2 is 2.21 bits per heavy atom. The quantitative estimate of drug-likeness (QED) is 0.745. The molecule has 0 aliphatic heterocycles. The zero-order valence-corrected chi connectivity index (χ0v) is 13.5. The summed E-state index contributed by atoms with van der Waals surface area (Å²) in [4.78, 5) is 15.7. The van der Waals surface area contributed by atoms with Crippen molar-refractivity contribution >= 4 is 5.91 Å². The average Bonchev–Trinajstić information content (AvgIpc) is 2.92. The van der Waals surface area contributed by atoms with Crippen molar-refractivity contribution in [1.82, 2.24) is 14.9 Å². The highest BCUT2D eigenvalue weighted by atomic mass is 19.4. The first-order valence-corrected chi connectivity index (χ1v) is 7.95. The van der Waals surface area contributed by atoms with Gasteiger partial charge >= 0.3 is 6.18 Å². The number of aliphatic hydroxyl groups is 1. The molecule has 6 nitrogen and oxygen atoms in total. The van der Waals surface area contributed by atoms with Gasteiger partial charge < -0.3 is 20.7 Å². The third-order valence-electron chi connectivity index (χ3n) is 4.53. The molecule has 0 aromatic carbocycles. The van der Waals surface area contributed by atoms with E-state index in [0.29, 0.717) is 12.8 Å². The highest BCUT2D eigenvalue weighted by Gasteiger charge is 2.57. The van der Waals surface area contributed by atoms with Gasteiger partial charge in [0, 0.05) is 44.4 Å². The summed E-state index contributed by atoms with van der Waals surface area (Å²) in [5.41, 5.74) is 2.71. The Balaban J connectivity index is 1.99. The van der Waals surface area contributed by atoms with Gasteiger partial charge in [-0.25, -0.2) is 4.98 Å². The highest BCUT2D eigenvalue weighted by molar-refractivity contribution is 5.78. The second kappa shape index (κ2) is 7.10. The smallest absolute Gasteiger partial charge is 0.374 e. The Labute approximate surface area is 138 Å². The van der Waals surface area contributed by atoms with Gasteiger partial charge in [-0.2, -0.15) is 13.2 Å². The van der Waals surface area contributed by atoms with E-state index in [1.54, 1.807) is 0 Å². The predicted octanol–water partition coefficient (Wildman–Crippen LogP) is 1.19. The molecular formula is C15H23F3N4O2. The van der Waals surface area contributed by atoms with Gasteiger partial charge in [0.1, 0.15) is 5.82 Å². The van der Waals surface area contributed by atoms with Crippen LogP contribution >= 0.6 is 0 Å². The zero-order valence-electron chi connectivity index (χ0n) is 13.5. The average molecular weight is 348 g/mol. The van der Waals surface area contributed by atoms with Crippen molar-refractivity contribution in [2.75, 3.05) is 6.54 Å². The summed E-state index contributed by atoms with van der Waals surface area (Å²) >= 11 is 0. The summed E-state index contributed by atoms with van der Waals surface area (Å²) in [5.74, 6) is -1.08. The zero-order chi connectivity index (χ0) is 18.0. The van der Waals surface area contributed by atoms with Gasteiger partial charge in [0.05, 0.1) is 0 Å². The van der Waals surface area contributed by atoms with Crippen LogP contribution in [0.3, 0.4) is 0 Å². The largest absolute Gasteiger partial charge is 0.424 e. The maximum absolute atomic E-state index is 13.3. The monoisotopic (exact) mass is 348 g/mol. The van der Waals surface area contributed by atoms with Crippen molar-refractivity contribution in [2.45, 2.75) is 49.9 Å². The number of alkyl halides is 3. The molecule has 1 heterocycles. The molecule has 1 amide bonds. The molecule has 0 bridgehead atoms. The third kappa shape index (κ3) is 3.89. The molecule has 136 valence electrons. The molecule has 0 radical (unpaired) electrons. The summed E-state index contributed by atoms with van der Waals surface area (Å²) in [6.07, 6.45) is -0.176. The van der Waals surface area contributed by atoms with Crippen LogP contribution in [0.1, 0.15) is 37.9 Å². The molecule has 1 aliphatic carbocycles. The Morgan fingerprint density at radius 3 is 2.75 bits per heavy atom. The number of nitrogens with two attached hydrogens (primary N) is 1. The number of carbonyl (C=O) groups is 1. The number of hydrogen-bond acceptors (Lipinski definition) is 4. The molecule has 1 aromatic rings. The minimum Gasteiger partial charge on any atom is -0.374 e. The first-order valence-electron chi connectivity index (χ1n) is 7.95. The summed E-state index contributed by atoms with van der Waals surface area (Å²) in [7, 11) is 1.38. The van der Waals surface area contributed by atoms with Crippen molar-refractivity contribution in [3.63, 3.8) is 0 Å². The number of aromatic nitrogens is 2. The fraction of sp³-hybridized carbons (Fsp3) is 0.733. The number of carbonyl (C=O) groups excluding carboxylic acids is 1. The fourth-order valence-electron chi connectivity index (χ4n) is 3.12. The van der Waals surface area contributed by atoms with Gasteiger partial charge in [-0.1, -0.05) is 6.42 Å². The fourth-order valence-corrected chi connectivity index (χ4v) is 3.12. The van der Waals surface area contributed by atoms with Crippen molar-refractivity contribution < 1.29 is 23.1 Å². The Hall–Kier alpha value is -1.61. The molecule has 1 fully saturated rings. The number of hydrogen-bond donors (Lipinski definition) is 3. The Bertz CT molecular complexity index is 575. The van der Waals surface area contributed by atoms with E-state index in [9.17, 15) is 23.1 Å². The normalized spacial score (nSPS) is 24.4. The lowest BCUT2D eigenvalue weighted by molar-refractivity contribution is -0.272. The van der Waals surface area contributed by atoms with Gasteiger partial charge in [0.15, 0.2) is 0 Å². The van der Waals surface area contributed by atoms with Crippen LogP contribution in [0.4, 0.5) is 13.2 Å². The van der Waals surface area contributed by atoms with Gasteiger partial charge in [0.2, 0.25) is 11.5 Å². The van der Waals surface area contributed by atoms with Crippen LogP contribution in [0.2, 0.25) is 0 Å². The molecule has 0 spiro atoms. The number of aryl methyl sites for hydroxylation is 1. The summed E-state index contributed by atoms with van der Waals surface area (Å²) in [6, 6.07) is -0.0471. The van der Waals surface area contributed by atoms with Gasteiger partial charge in [-0.05, 0) is 19.3 Å². The number of imidazole rings is 1. The molecule has 9 heteroatoms. The maximum Gasteiger partial charge on any atom is 0.424 e. The molecule has 24 heavy (non-hydrogen) atoms. The van der Waals surface area contributed by atoms with E-state index in [1.165, 1.54) is 19.4 Å². The first-order chi connectivity index (χ1) is 11.1. The number of nitrogens with zero attached hydrogens (tertiary/aromatic N) is 2. The van der Waals surface area contributed by atoms with Crippen LogP contribution in [0.5, 0.6) is 0 Å². The van der Waals surface area contributed by atoms with Gasteiger partial charge in [0.25, 0.3) is 0 Å². The van der Waals surface area contributed by atoms with Crippen molar-refractivity contribution in [2.24, 2.45) is 18.7 Å². The molecule has 1 saturated carbocycles. The van der Waals surface area contributed by atoms with E-state index >= 15 is 0 Å². The lowest BCUT2D eigenvalue weighted by atomic mass is 9.85. The van der Waals surface area contributed by atoms with E-state index in [0.717, 1.165) is 17.4 Å². The lowest BCUT2D eigenvalue weighted by Gasteiger charge is -2.30. The number of nitrogens with one attached hydrogen (secondary N) is 1. The molecule has 3 atom stereocenters. The van der Waals surface area contributed by atoms with E-state index in [1.807, 2.05) is 0 Å². The van der Waals surface area contributed by atoms with Crippen molar-refractivity contribution in [3.05, 3.63) is 18.2 Å².